The van der Waals surface area contributed by atoms with Gasteiger partial charge < -0.3 is 15.5 Å². The van der Waals surface area contributed by atoms with E-state index in [1.54, 1.807) is 17.0 Å². The first-order valence-electron chi connectivity index (χ1n) is 8.65. The molecule has 6 heteroatoms. The molecule has 25 heavy (non-hydrogen) atoms. The molecule has 0 saturated carbocycles. The molecule has 2 amide bonds. The Balaban J connectivity index is 0.00000225. The summed E-state index contributed by atoms with van der Waals surface area (Å²) in [6.45, 7) is 4.90. The smallest absolute Gasteiger partial charge is 0.254 e. The van der Waals surface area contributed by atoms with Crippen molar-refractivity contribution in [1.82, 2.24) is 15.5 Å². The fraction of sp³-hybridized carbons (Fsp3) is 0.474. The Hall–Kier alpha value is -1.85. The second-order valence-corrected chi connectivity index (χ2v) is 6.70. The lowest BCUT2D eigenvalue weighted by Crippen LogP contribution is -2.55. The summed E-state index contributed by atoms with van der Waals surface area (Å²) in [5.41, 5.74) is 1.13. The third-order valence-electron chi connectivity index (χ3n) is 5.03. The molecule has 3 rings (SSSR count). The number of halogens is 1. The van der Waals surface area contributed by atoms with E-state index in [9.17, 15) is 9.59 Å². The van der Waals surface area contributed by atoms with Gasteiger partial charge in [-0.15, -0.1) is 12.4 Å². The predicted octanol–water partition coefficient (Wildman–Crippen LogP) is 2.14. The lowest BCUT2D eigenvalue weighted by atomic mass is 9.96. The average Bonchev–Trinajstić information content (AvgIpc) is 3.03. The maximum atomic E-state index is 12.8. The second-order valence-electron chi connectivity index (χ2n) is 6.70. The zero-order valence-corrected chi connectivity index (χ0v) is 15.4. The molecule has 2 aliphatic rings. The molecule has 1 atom stereocenters. The molecule has 2 aliphatic heterocycles. The molecule has 0 aromatic heterocycles. The minimum absolute atomic E-state index is 0. The van der Waals surface area contributed by atoms with Crippen LogP contribution in [0.2, 0.25) is 0 Å². The van der Waals surface area contributed by atoms with E-state index in [0.717, 1.165) is 25.9 Å². The van der Waals surface area contributed by atoms with Crippen molar-refractivity contribution in [2.75, 3.05) is 26.2 Å². The number of benzene rings is 1. The van der Waals surface area contributed by atoms with Gasteiger partial charge >= 0.3 is 0 Å². The molecule has 1 unspecified atom stereocenters. The van der Waals surface area contributed by atoms with Crippen molar-refractivity contribution >= 4 is 24.2 Å². The van der Waals surface area contributed by atoms with Gasteiger partial charge in [0.25, 0.3) is 5.91 Å². The van der Waals surface area contributed by atoms with E-state index in [2.05, 4.69) is 16.7 Å². The number of amides is 2. The largest absolute Gasteiger partial charge is 0.350 e. The third kappa shape index (κ3) is 4.22. The van der Waals surface area contributed by atoms with Crippen LogP contribution in [0.4, 0.5) is 0 Å². The number of hydrogen-bond donors (Lipinski definition) is 2. The molecular formula is C19H26ClN3O2. The van der Waals surface area contributed by atoms with Gasteiger partial charge in [-0.05, 0) is 44.9 Å². The van der Waals surface area contributed by atoms with E-state index in [-0.39, 0.29) is 24.2 Å². The Bertz CT molecular complexity index is 647. The predicted molar refractivity (Wildman–Crippen MR) is 101 cm³/mol. The fourth-order valence-electron chi connectivity index (χ4n) is 3.48. The summed E-state index contributed by atoms with van der Waals surface area (Å²) in [6.07, 6.45) is 4.66. The quantitative estimate of drug-likeness (QED) is 0.806. The van der Waals surface area contributed by atoms with Crippen molar-refractivity contribution in [2.45, 2.75) is 31.7 Å². The van der Waals surface area contributed by atoms with E-state index in [1.165, 1.54) is 5.57 Å². The van der Waals surface area contributed by atoms with Crippen LogP contribution in [-0.4, -0.2) is 48.4 Å². The lowest BCUT2D eigenvalue weighted by molar-refractivity contribution is -0.129. The highest BCUT2D eigenvalue weighted by atomic mass is 35.5. The average molecular weight is 364 g/mol. The minimum Gasteiger partial charge on any atom is -0.350 e. The first kappa shape index (κ1) is 19.5. The van der Waals surface area contributed by atoms with Crippen LogP contribution in [0.1, 0.15) is 36.5 Å². The molecule has 0 spiro atoms. The highest BCUT2D eigenvalue weighted by Crippen LogP contribution is 2.30. The van der Waals surface area contributed by atoms with Crippen molar-refractivity contribution in [3.05, 3.63) is 47.5 Å². The van der Waals surface area contributed by atoms with Crippen molar-refractivity contribution in [2.24, 2.45) is 0 Å². The Morgan fingerprint density at radius 3 is 2.72 bits per heavy atom. The monoisotopic (exact) mass is 363 g/mol. The standard InChI is InChI=1S/C19H25N3O2.ClH/c1-19(18(24)21-14-15-8-11-20-12-9-15)10-5-13-22(19)17(23)16-6-3-2-4-7-16;/h2-4,6-8,20H,5,9-14H2,1H3,(H,21,24);1H. The second kappa shape index (κ2) is 8.50. The number of nitrogens with one attached hydrogen (secondary N) is 2. The topological polar surface area (TPSA) is 61.4 Å². The van der Waals surface area contributed by atoms with E-state index >= 15 is 0 Å². The van der Waals surface area contributed by atoms with Crippen molar-refractivity contribution in [3.8, 4) is 0 Å². The summed E-state index contributed by atoms with van der Waals surface area (Å²) >= 11 is 0. The van der Waals surface area contributed by atoms with Crippen molar-refractivity contribution < 1.29 is 9.59 Å². The number of carbonyl (C=O) groups excluding carboxylic acids is 2. The summed E-state index contributed by atoms with van der Waals surface area (Å²) < 4.78 is 0. The molecule has 1 fully saturated rings. The summed E-state index contributed by atoms with van der Waals surface area (Å²) in [5.74, 6) is -0.115. The fourth-order valence-corrected chi connectivity index (χ4v) is 3.48. The Morgan fingerprint density at radius 2 is 2.04 bits per heavy atom. The SMILES string of the molecule is CC1(C(=O)NCC2=CCNCC2)CCCN1C(=O)c1ccccc1.Cl. The van der Waals surface area contributed by atoms with Crippen molar-refractivity contribution in [3.63, 3.8) is 0 Å². The van der Waals surface area contributed by atoms with Gasteiger partial charge in [-0.3, -0.25) is 9.59 Å². The number of carbonyl (C=O) groups is 2. The van der Waals surface area contributed by atoms with Gasteiger partial charge in [-0.25, -0.2) is 0 Å². The van der Waals surface area contributed by atoms with Crippen LogP contribution < -0.4 is 10.6 Å². The van der Waals surface area contributed by atoms with Crippen LogP contribution >= 0.6 is 12.4 Å². The van der Waals surface area contributed by atoms with Crippen LogP contribution in [0, 0.1) is 0 Å². The highest BCUT2D eigenvalue weighted by Gasteiger charge is 2.45. The molecule has 136 valence electrons. The van der Waals surface area contributed by atoms with Gasteiger partial charge in [0.1, 0.15) is 5.54 Å². The van der Waals surface area contributed by atoms with Crippen LogP contribution in [0.5, 0.6) is 0 Å². The van der Waals surface area contributed by atoms with Gasteiger partial charge in [-0.2, -0.15) is 0 Å². The zero-order chi connectivity index (χ0) is 17.0. The van der Waals surface area contributed by atoms with E-state index in [4.69, 9.17) is 0 Å². The van der Waals surface area contributed by atoms with Crippen LogP contribution in [0.15, 0.2) is 42.0 Å². The Kier molecular flexibility index (Phi) is 6.62. The molecule has 0 aliphatic carbocycles. The van der Waals surface area contributed by atoms with Crippen molar-refractivity contribution in [1.29, 1.82) is 0 Å². The molecule has 2 N–H and O–H groups in total. The van der Waals surface area contributed by atoms with E-state index in [0.29, 0.717) is 25.1 Å². The van der Waals surface area contributed by atoms with Crippen LogP contribution in [-0.2, 0) is 4.79 Å². The van der Waals surface area contributed by atoms with Crippen LogP contribution in [0.25, 0.3) is 0 Å². The number of nitrogens with zero attached hydrogens (tertiary/aromatic N) is 1. The number of hydrogen-bond acceptors (Lipinski definition) is 3. The normalized spacial score (nSPS) is 22.8. The van der Waals surface area contributed by atoms with Crippen LogP contribution in [0.3, 0.4) is 0 Å². The molecule has 0 bridgehead atoms. The first-order valence-corrected chi connectivity index (χ1v) is 8.65. The molecule has 1 saturated heterocycles. The summed E-state index contributed by atoms with van der Waals surface area (Å²) in [4.78, 5) is 27.3. The third-order valence-corrected chi connectivity index (χ3v) is 5.03. The summed E-state index contributed by atoms with van der Waals surface area (Å²) in [7, 11) is 0. The molecule has 1 aromatic rings. The summed E-state index contributed by atoms with van der Waals surface area (Å²) in [5, 5.41) is 6.31. The van der Waals surface area contributed by atoms with E-state index in [1.807, 2.05) is 25.1 Å². The van der Waals surface area contributed by atoms with Gasteiger partial charge in [0.05, 0.1) is 0 Å². The van der Waals surface area contributed by atoms with E-state index < -0.39 is 5.54 Å². The lowest BCUT2D eigenvalue weighted by Gasteiger charge is -2.34. The molecule has 2 heterocycles. The maximum Gasteiger partial charge on any atom is 0.254 e. The van der Waals surface area contributed by atoms with Gasteiger partial charge in [0, 0.05) is 25.2 Å². The number of rotatable bonds is 4. The Labute approximate surface area is 155 Å². The minimum atomic E-state index is -0.763. The Morgan fingerprint density at radius 1 is 1.28 bits per heavy atom. The van der Waals surface area contributed by atoms with Gasteiger partial charge in [0.2, 0.25) is 5.91 Å². The molecule has 5 nitrogen and oxygen atoms in total. The molecular weight excluding hydrogens is 338 g/mol. The summed E-state index contributed by atoms with van der Waals surface area (Å²) in [6, 6.07) is 9.20. The maximum absolute atomic E-state index is 12.8. The zero-order valence-electron chi connectivity index (χ0n) is 14.6. The van der Waals surface area contributed by atoms with Gasteiger partial charge in [0.15, 0.2) is 0 Å². The number of likely N-dealkylation sites (tertiary alicyclic amines) is 1. The molecule has 0 radical (unpaired) electrons. The highest BCUT2D eigenvalue weighted by molar-refractivity contribution is 5.99. The van der Waals surface area contributed by atoms with Gasteiger partial charge in [-0.1, -0.05) is 29.8 Å². The first-order chi connectivity index (χ1) is 11.6. The molecule has 1 aromatic carbocycles.